The number of carboxylic acid groups (broad SMARTS) is 1. The molecule has 2 N–H and O–H groups in total. The van der Waals surface area contributed by atoms with Crippen molar-refractivity contribution in [2.45, 2.75) is 32.7 Å². The predicted molar refractivity (Wildman–Crippen MR) is 127 cm³/mol. The lowest BCUT2D eigenvalue weighted by Gasteiger charge is -2.37. The monoisotopic (exact) mass is 503 g/mol. The highest BCUT2D eigenvalue weighted by Gasteiger charge is 2.36. The van der Waals surface area contributed by atoms with Crippen LogP contribution in [-0.4, -0.2) is 84.3 Å². The third kappa shape index (κ3) is 4.68. The van der Waals surface area contributed by atoms with Crippen LogP contribution in [0.2, 0.25) is 0 Å². The zero-order valence-electron chi connectivity index (χ0n) is 19.7. The highest BCUT2D eigenvalue weighted by molar-refractivity contribution is 7.09. The first kappa shape index (κ1) is 24.5. The fourth-order valence-corrected chi connectivity index (χ4v) is 4.74. The Morgan fingerprint density at radius 3 is 2.51 bits per heavy atom. The summed E-state index contributed by atoms with van der Waals surface area (Å²) in [6.07, 6.45) is -2.35. The molecule has 0 saturated heterocycles. The molecule has 0 spiro atoms. The van der Waals surface area contributed by atoms with E-state index in [1.807, 2.05) is 11.5 Å². The van der Waals surface area contributed by atoms with Crippen molar-refractivity contribution in [1.29, 1.82) is 0 Å². The van der Waals surface area contributed by atoms with Gasteiger partial charge in [0.25, 0.3) is 5.91 Å². The molecule has 2 aromatic heterocycles. The van der Waals surface area contributed by atoms with Crippen molar-refractivity contribution >= 4 is 29.4 Å². The van der Waals surface area contributed by atoms with E-state index >= 15 is 0 Å². The van der Waals surface area contributed by atoms with Crippen molar-refractivity contribution < 1.29 is 24.2 Å². The van der Waals surface area contributed by atoms with Crippen molar-refractivity contribution in [1.82, 2.24) is 28.7 Å². The number of carbonyl (C=O) groups excluding carboxylic acids is 1. The van der Waals surface area contributed by atoms with E-state index in [1.54, 1.807) is 18.9 Å². The summed E-state index contributed by atoms with van der Waals surface area (Å²) in [6, 6.07) is 4.94. The third-order valence-electron chi connectivity index (χ3n) is 6.03. The topological polar surface area (TPSA) is 128 Å². The number of hydrogen-bond donors (Lipinski definition) is 2. The summed E-state index contributed by atoms with van der Waals surface area (Å²) in [4.78, 5) is 37.9. The lowest BCUT2D eigenvalue weighted by atomic mass is 10.1. The molecule has 0 saturated carbocycles. The molecule has 1 aromatic carbocycles. The van der Waals surface area contributed by atoms with E-state index in [9.17, 15) is 24.2 Å². The molecule has 11 nitrogen and oxygen atoms in total. The van der Waals surface area contributed by atoms with Gasteiger partial charge in [-0.1, -0.05) is 0 Å². The SMILES string of the molecule is Cc1nsc(-c2nc(N(C)[C@H](O)CN(C)C(=O)O)c3n2CCN(C(=O)c2ccc(F)cc2)[C@@H]3C)n1. The van der Waals surface area contributed by atoms with E-state index in [0.29, 0.717) is 46.8 Å². The Labute approximate surface area is 205 Å². The molecule has 4 rings (SSSR count). The molecule has 186 valence electrons. The standard InChI is InChI=1S/C22H26FN7O4S/c1-12-17-18(28(4)16(31)11-27(3)22(33)34)25-19(20-24-13(2)26-35-20)30(17)10-9-29(12)21(32)14-5-7-15(23)8-6-14/h5-8,12,16,31H,9-11H2,1-4H3,(H,33,34)/t12-,16-/m1/s1. The van der Waals surface area contributed by atoms with Crippen molar-refractivity contribution in [2.75, 3.05) is 32.1 Å². The van der Waals surface area contributed by atoms with Gasteiger partial charge in [-0.25, -0.2) is 19.2 Å². The van der Waals surface area contributed by atoms with Crippen molar-refractivity contribution in [3.05, 3.63) is 47.2 Å². The minimum atomic E-state index is -1.19. The Hall–Kier alpha value is -3.58. The van der Waals surface area contributed by atoms with E-state index in [2.05, 4.69) is 9.36 Å². The van der Waals surface area contributed by atoms with Gasteiger partial charge in [-0.15, -0.1) is 0 Å². The minimum absolute atomic E-state index is 0.169. The Balaban J connectivity index is 1.74. The third-order valence-corrected chi connectivity index (χ3v) is 6.83. The summed E-state index contributed by atoms with van der Waals surface area (Å²) in [5.41, 5.74) is 1.04. The van der Waals surface area contributed by atoms with Gasteiger partial charge in [-0.2, -0.15) is 4.37 Å². The van der Waals surface area contributed by atoms with Crippen LogP contribution >= 0.6 is 11.5 Å². The van der Waals surface area contributed by atoms with Crippen molar-refractivity contribution in [2.24, 2.45) is 0 Å². The van der Waals surface area contributed by atoms with Crippen LogP contribution in [0, 0.1) is 12.7 Å². The number of aliphatic hydroxyl groups excluding tert-OH is 1. The smallest absolute Gasteiger partial charge is 0.407 e. The number of aryl methyl sites for hydroxylation is 1. The summed E-state index contributed by atoms with van der Waals surface area (Å²) in [6.45, 7) is 4.28. The summed E-state index contributed by atoms with van der Waals surface area (Å²) in [5, 5.41) is 20.6. The molecule has 0 bridgehead atoms. The molecule has 0 radical (unpaired) electrons. The Morgan fingerprint density at radius 1 is 1.23 bits per heavy atom. The van der Waals surface area contributed by atoms with E-state index in [0.717, 1.165) is 4.90 Å². The average molecular weight is 504 g/mol. The van der Waals surface area contributed by atoms with Crippen LogP contribution < -0.4 is 4.90 Å². The zero-order chi connectivity index (χ0) is 25.4. The summed E-state index contributed by atoms with van der Waals surface area (Å²) in [7, 11) is 2.98. The number of likely N-dealkylation sites (N-methyl/N-ethyl adjacent to an activating group) is 2. The molecule has 0 fully saturated rings. The van der Waals surface area contributed by atoms with E-state index < -0.39 is 24.2 Å². The normalized spacial score (nSPS) is 16.1. The number of amides is 2. The maximum Gasteiger partial charge on any atom is 0.407 e. The number of aliphatic hydroxyl groups is 1. The number of imidazole rings is 1. The number of carbonyl (C=O) groups is 2. The van der Waals surface area contributed by atoms with Crippen LogP contribution in [0.25, 0.3) is 10.8 Å². The molecule has 0 aliphatic carbocycles. The minimum Gasteiger partial charge on any atom is -0.465 e. The molecule has 3 aromatic rings. The molecule has 35 heavy (non-hydrogen) atoms. The summed E-state index contributed by atoms with van der Waals surface area (Å²) >= 11 is 1.20. The van der Waals surface area contributed by atoms with Gasteiger partial charge in [0.2, 0.25) is 0 Å². The van der Waals surface area contributed by atoms with Gasteiger partial charge in [0.05, 0.1) is 18.3 Å². The van der Waals surface area contributed by atoms with E-state index in [4.69, 9.17) is 4.98 Å². The Bertz CT molecular complexity index is 1250. The fraction of sp³-hybridized carbons (Fsp3) is 0.409. The molecule has 13 heteroatoms. The van der Waals surface area contributed by atoms with Gasteiger partial charge in [-0.05, 0) is 49.6 Å². The quantitative estimate of drug-likeness (QED) is 0.491. The average Bonchev–Trinajstić information content (AvgIpc) is 3.42. The van der Waals surface area contributed by atoms with Gasteiger partial charge in [0, 0.05) is 32.7 Å². The second-order valence-corrected chi connectivity index (χ2v) is 9.13. The number of rotatable bonds is 6. The van der Waals surface area contributed by atoms with Crippen LogP contribution in [0.1, 0.15) is 34.8 Å². The first-order valence-corrected chi connectivity index (χ1v) is 11.7. The highest BCUT2D eigenvalue weighted by atomic mass is 32.1. The maximum absolute atomic E-state index is 13.4. The Kier molecular flexibility index (Phi) is 6.72. The number of benzene rings is 1. The number of nitrogens with zero attached hydrogens (tertiary/aromatic N) is 7. The van der Waals surface area contributed by atoms with Crippen molar-refractivity contribution in [3.8, 4) is 10.8 Å². The highest BCUT2D eigenvalue weighted by Crippen LogP contribution is 2.38. The number of hydrogen-bond acceptors (Lipinski definition) is 8. The van der Waals surface area contributed by atoms with E-state index in [1.165, 1.54) is 47.7 Å². The molecule has 2 atom stereocenters. The zero-order valence-corrected chi connectivity index (χ0v) is 20.5. The lowest BCUT2D eigenvalue weighted by molar-refractivity contribution is 0.0644. The van der Waals surface area contributed by atoms with Gasteiger partial charge in [0.15, 0.2) is 16.6 Å². The van der Waals surface area contributed by atoms with Crippen LogP contribution in [0.4, 0.5) is 15.0 Å². The van der Waals surface area contributed by atoms with Gasteiger partial charge in [0.1, 0.15) is 17.9 Å². The summed E-state index contributed by atoms with van der Waals surface area (Å²) in [5.74, 6) is 0.901. The number of anilines is 1. The van der Waals surface area contributed by atoms with Gasteiger partial charge >= 0.3 is 6.09 Å². The van der Waals surface area contributed by atoms with E-state index in [-0.39, 0.29) is 12.5 Å². The van der Waals surface area contributed by atoms with Gasteiger partial charge in [-0.3, -0.25) is 4.79 Å². The first-order valence-electron chi connectivity index (χ1n) is 10.9. The first-order chi connectivity index (χ1) is 16.6. The summed E-state index contributed by atoms with van der Waals surface area (Å²) < 4.78 is 19.6. The van der Waals surface area contributed by atoms with Crippen molar-refractivity contribution in [3.63, 3.8) is 0 Å². The molecule has 1 aliphatic rings. The fourth-order valence-electron chi connectivity index (χ4n) is 4.07. The largest absolute Gasteiger partial charge is 0.465 e. The Morgan fingerprint density at radius 2 is 1.91 bits per heavy atom. The lowest BCUT2D eigenvalue weighted by Crippen LogP contribution is -2.45. The van der Waals surface area contributed by atoms with Crippen LogP contribution in [-0.2, 0) is 6.54 Å². The maximum atomic E-state index is 13.4. The second-order valence-electron chi connectivity index (χ2n) is 8.38. The molecule has 0 unspecified atom stereocenters. The number of fused-ring (bicyclic) bond motifs is 1. The number of halogens is 1. The van der Waals surface area contributed by atoms with Crippen LogP contribution in [0.15, 0.2) is 24.3 Å². The molecule has 3 heterocycles. The molecular formula is C22H26FN7O4S. The van der Waals surface area contributed by atoms with Crippen LogP contribution in [0.3, 0.4) is 0 Å². The predicted octanol–water partition coefficient (Wildman–Crippen LogP) is 2.43. The molecular weight excluding hydrogens is 477 g/mol. The second kappa shape index (κ2) is 9.58. The molecule has 1 aliphatic heterocycles. The van der Waals surface area contributed by atoms with Gasteiger partial charge < -0.3 is 29.5 Å². The number of aromatic nitrogens is 4. The molecule has 2 amide bonds. The van der Waals surface area contributed by atoms with Crippen LogP contribution in [0.5, 0.6) is 0 Å².